The van der Waals surface area contributed by atoms with Gasteiger partial charge in [-0.3, -0.25) is 14.3 Å². The van der Waals surface area contributed by atoms with Crippen molar-refractivity contribution >= 4 is 11.9 Å². The highest BCUT2D eigenvalue weighted by atomic mass is 19.4. The monoisotopic (exact) mass is 452 g/mol. The quantitative estimate of drug-likeness (QED) is 0.511. The minimum atomic E-state index is -5.08. The van der Waals surface area contributed by atoms with E-state index in [0.29, 0.717) is 25.7 Å². The lowest BCUT2D eigenvalue weighted by molar-refractivity contribution is -0.596. The van der Waals surface area contributed by atoms with Crippen molar-refractivity contribution in [3.8, 4) is 0 Å². The fraction of sp³-hybridized carbons (Fsp3) is 0.900. The maximum Gasteiger partial charge on any atom is 0.455 e. The first-order valence-corrected chi connectivity index (χ1v) is 10.6. The SMILES string of the molecule is C[C@@H]1CCC2[C@@H](C)[C@](OC(=O)CCC(=O)O)(C(F)(F)F)O[C@@H]3O[C@]4(C)CC[C@@H]1C23OO4. The van der Waals surface area contributed by atoms with Gasteiger partial charge in [-0.25, -0.2) is 9.78 Å². The minimum Gasteiger partial charge on any atom is -0.481 e. The fourth-order valence-electron chi connectivity index (χ4n) is 5.85. The van der Waals surface area contributed by atoms with Gasteiger partial charge in [-0.2, -0.15) is 13.2 Å². The summed E-state index contributed by atoms with van der Waals surface area (Å²) in [4.78, 5) is 34.4. The molecule has 0 amide bonds. The Morgan fingerprint density at radius 2 is 1.77 bits per heavy atom. The Hall–Kier alpha value is -1.43. The van der Waals surface area contributed by atoms with Gasteiger partial charge >= 0.3 is 23.9 Å². The average molecular weight is 452 g/mol. The van der Waals surface area contributed by atoms with Crippen LogP contribution >= 0.6 is 0 Å². The van der Waals surface area contributed by atoms with Crippen molar-refractivity contribution in [2.75, 3.05) is 0 Å². The van der Waals surface area contributed by atoms with E-state index >= 15 is 0 Å². The minimum absolute atomic E-state index is 0.152. The molecule has 1 aliphatic carbocycles. The van der Waals surface area contributed by atoms with Crippen LogP contribution in [0.5, 0.6) is 0 Å². The van der Waals surface area contributed by atoms with Crippen LogP contribution in [-0.2, 0) is 33.6 Å². The van der Waals surface area contributed by atoms with E-state index in [4.69, 9.17) is 29.1 Å². The molecule has 2 unspecified atom stereocenters. The van der Waals surface area contributed by atoms with E-state index in [0.717, 1.165) is 0 Å². The second-order valence-electron chi connectivity index (χ2n) is 9.35. The van der Waals surface area contributed by atoms with Crippen molar-refractivity contribution in [3.05, 3.63) is 0 Å². The molecule has 5 fully saturated rings. The van der Waals surface area contributed by atoms with Crippen LogP contribution in [-0.4, -0.2) is 46.7 Å². The third kappa shape index (κ3) is 3.35. The van der Waals surface area contributed by atoms with Crippen LogP contribution in [0.3, 0.4) is 0 Å². The molecule has 5 aliphatic rings. The zero-order valence-corrected chi connectivity index (χ0v) is 17.6. The predicted molar refractivity (Wildman–Crippen MR) is 94.8 cm³/mol. The number of carboxylic acid groups (broad SMARTS) is 1. The molecular formula is C20H27F3O8. The van der Waals surface area contributed by atoms with Gasteiger partial charge in [-0.05, 0) is 38.0 Å². The number of hydrogen-bond donors (Lipinski definition) is 1. The summed E-state index contributed by atoms with van der Waals surface area (Å²) in [6.45, 7) is 4.92. The number of carbonyl (C=O) groups is 2. The van der Waals surface area contributed by atoms with E-state index in [1.807, 2.05) is 6.92 Å². The Kier molecular flexibility index (Phi) is 5.35. The largest absolute Gasteiger partial charge is 0.481 e. The number of carboxylic acids is 1. The Labute approximate surface area is 177 Å². The lowest BCUT2D eigenvalue weighted by atomic mass is 9.57. The summed E-state index contributed by atoms with van der Waals surface area (Å²) in [6.07, 6.45) is -5.79. The molecule has 2 bridgehead atoms. The molecule has 8 nitrogen and oxygen atoms in total. The van der Waals surface area contributed by atoms with Crippen LogP contribution in [0.4, 0.5) is 13.2 Å². The highest BCUT2D eigenvalue weighted by Gasteiger charge is 2.78. The molecule has 4 saturated heterocycles. The predicted octanol–water partition coefficient (Wildman–Crippen LogP) is 3.53. The van der Waals surface area contributed by atoms with Gasteiger partial charge < -0.3 is 14.6 Å². The first kappa shape index (κ1) is 22.8. The summed E-state index contributed by atoms with van der Waals surface area (Å²) in [5.74, 6) is -9.24. The zero-order chi connectivity index (χ0) is 22.8. The van der Waals surface area contributed by atoms with E-state index in [1.165, 1.54) is 6.92 Å². The molecule has 0 radical (unpaired) electrons. The van der Waals surface area contributed by atoms with Crippen LogP contribution in [0.25, 0.3) is 0 Å². The summed E-state index contributed by atoms with van der Waals surface area (Å²) >= 11 is 0. The normalized spacial score (nSPS) is 46.7. The Morgan fingerprint density at radius 3 is 2.42 bits per heavy atom. The summed E-state index contributed by atoms with van der Waals surface area (Å²) < 4.78 is 59.7. The van der Waals surface area contributed by atoms with Crippen molar-refractivity contribution < 1.29 is 51.9 Å². The third-order valence-electron chi connectivity index (χ3n) is 7.46. The van der Waals surface area contributed by atoms with Gasteiger partial charge in [0.15, 0.2) is 11.9 Å². The first-order valence-electron chi connectivity index (χ1n) is 10.6. The lowest BCUT2D eigenvalue weighted by Gasteiger charge is -2.62. The molecule has 1 N–H and O–H groups in total. The van der Waals surface area contributed by atoms with Gasteiger partial charge in [-0.15, -0.1) is 0 Å². The first-order chi connectivity index (χ1) is 14.3. The number of ether oxygens (including phenoxy) is 3. The van der Waals surface area contributed by atoms with Crippen molar-refractivity contribution in [1.29, 1.82) is 0 Å². The van der Waals surface area contributed by atoms with E-state index in [1.54, 1.807) is 6.92 Å². The van der Waals surface area contributed by atoms with Crippen molar-refractivity contribution in [2.45, 2.75) is 88.9 Å². The Balaban J connectivity index is 1.75. The highest BCUT2D eigenvalue weighted by Crippen LogP contribution is 2.64. The highest BCUT2D eigenvalue weighted by molar-refractivity contribution is 5.76. The van der Waals surface area contributed by atoms with Gasteiger partial charge in [0.1, 0.15) is 0 Å². The van der Waals surface area contributed by atoms with Crippen LogP contribution in [0.2, 0.25) is 0 Å². The number of rotatable bonds is 4. The fourth-order valence-corrected chi connectivity index (χ4v) is 5.85. The Bertz CT molecular complexity index is 759. The second-order valence-corrected chi connectivity index (χ2v) is 9.35. The van der Waals surface area contributed by atoms with E-state index < -0.39 is 66.3 Å². The molecule has 8 atom stereocenters. The number of halogens is 3. The zero-order valence-electron chi connectivity index (χ0n) is 17.6. The molecule has 11 heteroatoms. The van der Waals surface area contributed by atoms with Crippen molar-refractivity contribution in [2.24, 2.45) is 23.7 Å². The second kappa shape index (κ2) is 7.29. The topological polar surface area (TPSA) is 101 Å². The summed E-state index contributed by atoms with van der Waals surface area (Å²) in [5.41, 5.74) is -1.25. The van der Waals surface area contributed by atoms with Gasteiger partial charge in [0, 0.05) is 18.3 Å². The van der Waals surface area contributed by atoms with Gasteiger partial charge in [0.2, 0.25) is 5.79 Å². The molecule has 0 aromatic carbocycles. The molecule has 0 aromatic heterocycles. The van der Waals surface area contributed by atoms with Gasteiger partial charge in [-0.1, -0.05) is 13.8 Å². The lowest BCUT2D eigenvalue weighted by Crippen LogP contribution is -2.76. The molecule has 1 saturated carbocycles. The molecule has 0 aromatic rings. The van der Waals surface area contributed by atoms with Gasteiger partial charge in [0.05, 0.1) is 12.8 Å². The standard InChI is InChI=1S/C20H27F3O8/c1-10-4-5-13-11(2)19(20(21,22)23,27-15(26)7-6-14(24)25)29-16-18(13)12(10)8-9-17(3,28-16)30-31-18/h10-13,16H,4-9H2,1-3H3,(H,24,25)/t10-,11-,12+,13?,16+,17+,18?,19-/m1/s1. The molecule has 176 valence electrons. The van der Waals surface area contributed by atoms with Crippen LogP contribution < -0.4 is 0 Å². The smallest absolute Gasteiger partial charge is 0.455 e. The van der Waals surface area contributed by atoms with Crippen LogP contribution in [0, 0.1) is 23.7 Å². The molecule has 5 rings (SSSR count). The van der Waals surface area contributed by atoms with Crippen LogP contribution in [0.1, 0.15) is 59.3 Å². The van der Waals surface area contributed by atoms with E-state index in [9.17, 15) is 22.8 Å². The number of aliphatic carboxylic acids is 1. The maximum absolute atomic E-state index is 14.5. The number of carbonyl (C=O) groups excluding carboxylic acids is 1. The van der Waals surface area contributed by atoms with E-state index in [2.05, 4.69) is 0 Å². The maximum atomic E-state index is 14.5. The summed E-state index contributed by atoms with van der Waals surface area (Å²) in [5, 5.41) is 8.76. The molecule has 4 aliphatic heterocycles. The Morgan fingerprint density at radius 1 is 1.06 bits per heavy atom. The number of alkyl halides is 3. The summed E-state index contributed by atoms with van der Waals surface area (Å²) in [6, 6.07) is 0. The van der Waals surface area contributed by atoms with Crippen molar-refractivity contribution in [1.82, 2.24) is 0 Å². The van der Waals surface area contributed by atoms with Crippen molar-refractivity contribution in [3.63, 3.8) is 0 Å². The summed E-state index contributed by atoms with van der Waals surface area (Å²) in [7, 11) is 0. The number of fused-ring (bicyclic) bond motifs is 2. The van der Waals surface area contributed by atoms with Crippen LogP contribution in [0.15, 0.2) is 0 Å². The molecule has 31 heavy (non-hydrogen) atoms. The molecule has 1 spiro atoms. The molecular weight excluding hydrogens is 425 g/mol. The number of hydrogen-bond acceptors (Lipinski definition) is 7. The van der Waals surface area contributed by atoms with Gasteiger partial charge in [0.25, 0.3) is 0 Å². The third-order valence-corrected chi connectivity index (χ3v) is 7.46. The molecule has 4 heterocycles. The van der Waals surface area contributed by atoms with E-state index in [-0.39, 0.29) is 11.8 Å². The number of esters is 1. The average Bonchev–Trinajstić information content (AvgIpc) is 2.89.